The number of nitrogens with zero attached hydrogens (tertiary/aromatic N) is 1. The van der Waals surface area contributed by atoms with Crippen LogP contribution in [0.2, 0.25) is 0 Å². The van der Waals surface area contributed by atoms with Crippen molar-refractivity contribution in [3.63, 3.8) is 0 Å². The Morgan fingerprint density at radius 2 is 1.95 bits per heavy atom. The average molecular weight is 281 g/mol. The third-order valence-corrected chi connectivity index (χ3v) is 4.70. The Balaban J connectivity index is 2.13. The molecule has 1 heterocycles. The highest BCUT2D eigenvalue weighted by Crippen LogP contribution is 2.21. The van der Waals surface area contributed by atoms with E-state index >= 15 is 0 Å². The topological polar surface area (TPSA) is 65.2 Å². The molecule has 0 amide bonds. The molecule has 6 heteroatoms. The van der Waals surface area contributed by atoms with Crippen molar-refractivity contribution in [2.75, 3.05) is 20.6 Å². The van der Waals surface area contributed by atoms with Gasteiger partial charge >= 0.3 is 0 Å². The fourth-order valence-corrected chi connectivity index (χ4v) is 2.71. The normalized spacial score (nSPS) is 12.4. The summed E-state index contributed by atoms with van der Waals surface area (Å²) in [6.07, 6.45) is 0.670. The van der Waals surface area contributed by atoms with Crippen molar-refractivity contribution in [3.05, 3.63) is 35.5 Å². The molecule has 0 aliphatic heterocycles. The largest absolute Gasteiger partial charge is 0.358 e. The summed E-state index contributed by atoms with van der Waals surface area (Å²) in [4.78, 5) is 3.31. The maximum Gasteiger partial charge on any atom is 0.278 e. The Hall–Kier alpha value is -1.37. The van der Waals surface area contributed by atoms with Gasteiger partial charge in [0.25, 0.3) is 10.2 Å². The van der Waals surface area contributed by atoms with E-state index in [1.165, 1.54) is 18.4 Å². The van der Waals surface area contributed by atoms with E-state index in [1.807, 2.05) is 25.1 Å². The van der Waals surface area contributed by atoms with Crippen LogP contribution in [0.15, 0.2) is 24.3 Å². The predicted molar refractivity (Wildman–Crippen MR) is 77.3 cm³/mol. The minimum atomic E-state index is -3.34. The van der Waals surface area contributed by atoms with Crippen LogP contribution in [-0.2, 0) is 16.6 Å². The quantitative estimate of drug-likeness (QED) is 0.870. The van der Waals surface area contributed by atoms with Gasteiger partial charge in [0.1, 0.15) is 0 Å². The first-order valence-corrected chi connectivity index (χ1v) is 7.59. The average Bonchev–Trinajstić information content (AvgIpc) is 2.65. The van der Waals surface area contributed by atoms with Crippen LogP contribution in [0, 0.1) is 6.92 Å². The van der Waals surface area contributed by atoms with Gasteiger partial charge in [0.2, 0.25) is 0 Å². The SMILES string of the molecule is Cc1[nH]c2ccccc2c1CCNS(=O)(=O)N(C)C. The van der Waals surface area contributed by atoms with Crippen LogP contribution >= 0.6 is 0 Å². The van der Waals surface area contributed by atoms with E-state index in [1.54, 1.807) is 0 Å². The first-order chi connectivity index (χ1) is 8.92. The van der Waals surface area contributed by atoms with Gasteiger partial charge < -0.3 is 4.98 Å². The molecule has 2 aromatic rings. The molecule has 0 atom stereocenters. The van der Waals surface area contributed by atoms with Crippen molar-refractivity contribution < 1.29 is 8.42 Å². The molecule has 0 spiro atoms. The third-order valence-electron chi connectivity index (χ3n) is 3.17. The summed E-state index contributed by atoms with van der Waals surface area (Å²) in [6.45, 7) is 2.40. The highest BCUT2D eigenvalue weighted by molar-refractivity contribution is 7.87. The third kappa shape index (κ3) is 2.97. The number of fused-ring (bicyclic) bond motifs is 1. The second-order valence-corrected chi connectivity index (χ2v) is 6.68. The number of aryl methyl sites for hydroxylation is 1. The molecule has 1 aromatic heterocycles. The molecule has 2 N–H and O–H groups in total. The minimum absolute atomic E-state index is 0.392. The van der Waals surface area contributed by atoms with E-state index in [4.69, 9.17) is 0 Å². The molecule has 2 rings (SSSR count). The van der Waals surface area contributed by atoms with Gasteiger partial charge in [-0.15, -0.1) is 0 Å². The zero-order valence-electron chi connectivity index (χ0n) is 11.4. The van der Waals surface area contributed by atoms with Crippen molar-refractivity contribution in [1.29, 1.82) is 0 Å². The fraction of sp³-hybridized carbons (Fsp3) is 0.385. The van der Waals surface area contributed by atoms with Crippen molar-refractivity contribution in [2.45, 2.75) is 13.3 Å². The summed E-state index contributed by atoms with van der Waals surface area (Å²) in [5.41, 5.74) is 3.34. The molecule has 0 aliphatic carbocycles. The van der Waals surface area contributed by atoms with Crippen molar-refractivity contribution in [1.82, 2.24) is 14.0 Å². The second kappa shape index (κ2) is 5.32. The zero-order valence-corrected chi connectivity index (χ0v) is 12.2. The number of benzene rings is 1. The number of rotatable bonds is 5. The molecule has 0 saturated carbocycles. The van der Waals surface area contributed by atoms with E-state index in [0.29, 0.717) is 13.0 Å². The number of nitrogens with one attached hydrogen (secondary N) is 2. The second-order valence-electron chi connectivity index (χ2n) is 4.71. The summed E-state index contributed by atoms with van der Waals surface area (Å²) in [5, 5.41) is 1.16. The van der Waals surface area contributed by atoms with E-state index in [0.717, 1.165) is 22.2 Å². The van der Waals surface area contributed by atoms with Gasteiger partial charge in [0.05, 0.1) is 0 Å². The Labute approximate surface area is 113 Å². The van der Waals surface area contributed by atoms with Crippen LogP contribution < -0.4 is 4.72 Å². The molecule has 1 aromatic carbocycles. The van der Waals surface area contributed by atoms with Gasteiger partial charge in [0, 0.05) is 37.2 Å². The minimum Gasteiger partial charge on any atom is -0.358 e. The van der Waals surface area contributed by atoms with Gasteiger partial charge in [-0.3, -0.25) is 0 Å². The summed E-state index contributed by atoms with van der Waals surface area (Å²) in [5.74, 6) is 0. The Morgan fingerprint density at radius 1 is 1.26 bits per heavy atom. The van der Waals surface area contributed by atoms with Gasteiger partial charge in [-0.1, -0.05) is 18.2 Å². The molecule has 5 nitrogen and oxygen atoms in total. The summed E-state index contributed by atoms with van der Waals surface area (Å²) in [7, 11) is -0.318. The fourth-order valence-electron chi connectivity index (χ4n) is 2.09. The molecular formula is C13H19N3O2S. The van der Waals surface area contributed by atoms with Crippen LogP contribution in [0.25, 0.3) is 10.9 Å². The maximum atomic E-state index is 11.6. The first-order valence-electron chi connectivity index (χ1n) is 6.15. The van der Waals surface area contributed by atoms with Gasteiger partial charge in [0.15, 0.2) is 0 Å². The van der Waals surface area contributed by atoms with Crippen molar-refractivity contribution >= 4 is 21.1 Å². The van der Waals surface area contributed by atoms with E-state index in [-0.39, 0.29) is 0 Å². The van der Waals surface area contributed by atoms with Crippen LogP contribution in [0.5, 0.6) is 0 Å². The molecule has 0 aliphatic rings. The Morgan fingerprint density at radius 3 is 2.63 bits per heavy atom. The predicted octanol–water partition coefficient (Wildman–Crippen LogP) is 1.41. The smallest absolute Gasteiger partial charge is 0.278 e. The van der Waals surface area contributed by atoms with Crippen molar-refractivity contribution in [3.8, 4) is 0 Å². The Kier molecular flexibility index (Phi) is 3.93. The van der Waals surface area contributed by atoms with Crippen LogP contribution in [0.1, 0.15) is 11.3 Å². The monoisotopic (exact) mass is 281 g/mol. The van der Waals surface area contributed by atoms with Crippen LogP contribution in [-0.4, -0.2) is 38.3 Å². The lowest BCUT2D eigenvalue weighted by molar-refractivity contribution is 0.506. The highest BCUT2D eigenvalue weighted by Gasteiger charge is 2.13. The number of hydrogen-bond donors (Lipinski definition) is 2. The lowest BCUT2D eigenvalue weighted by Crippen LogP contribution is -2.36. The van der Waals surface area contributed by atoms with E-state index in [2.05, 4.69) is 15.8 Å². The summed E-state index contributed by atoms with van der Waals surface area (Å²) >= 11 is 0. The molecule has 0 saturated heterocycles. The number of para-hydroxylation sites is 1. The van der Waals surface area contributed by atoms with Gasteiger partial charge in [-0.05, 0) is 25.0 Å². The molecule has 0 unspecified atom stereocenters. The lowest BCUT2D eigenvalue weighted by atomic mass is 10.1. The number of aromatic nitrogens is 1. The maximum absolute atomic E-state index is 11.6. The lowest BCUT2D eigenvalue weighted by Gasteiger charge is -2.12. The first kappa shape index (κ1) is 14.0. The van der Waals surface area contributed by atoms with Crippen molar-refractivity contribution in [2.24, 2.45) is 0 Å². The molecule has 104 valence electrons. The zero-order chi connectivity index (χ0) is 14.0. The highest BCUT2D eigenvalue weighted by atomic mass is 32.2. The van der Waals surface area contributed by atoms with Gasteiger partial charge in [-0.25, -0.2) is 4.72 Å². The van der Waals surface area contributed by atoms with Gasteiger partial charge in [-0.2, -0.15) is 12.7 Å². The molecule has 0 fully saturated rings. The van der Waals surface area contributed by atoms with E-state index in [9.17, 15) is 8.42 Å². The molecule has 0 radical (unpaired) electrons. The summed E-state index contributed by atoms with van der Waals surface area (Å²) < 4.78 is 27.0. The van der Waals surface area contributed by atoms with E-state index < -0.39 is 10.2 Å². The number of H-pyrrole nitrogens is 1. The molecule has 0 bridgehead atoms. The standard InChI is InChI=1S/C13H19N3O2S/c1-10-11(8-9-14-19(17,18)16(2)3)12-6-4-5-7-13(12)15-10/h4-7,14-15H,8-9H2,1-3H3. The number of hydrogen-bond acceptors (Lipinski definition) is 2. The number of aromatic amines is 1. The molecule has 19 heavy (non-hydrogen) atoms. The van der Waals surface area contributed by atoms with Crippen LogP contribution in [0.3, 0.4) is 0 Å². The molecular weight excluding hydrogens is 262 g/mol. The van der Waals surface area contributed by atoms with Crippen LogP contribution in [0.4, 0.5) is 0 Å². The Bertz CT molecular complexity index is 674. The summed E-state index contributed by atoms with van der Waals surface area (Å²) in [6, 6.07) is 8.05.